The van der Waals surface area contributed by atoms with Crippen LogP contribution >= 0.6 is 0 Å². The summed E-state index contributed by atoms with van der Waals surface area (Å²) in [5.41, 5.74) is -0.178. The topological polar surface area (TPSA) is 52.6 Å². The first kappa shape index (κ1) is 21.0. The van der Waals surface area contributed by atoms with Crippen molar-refractivity contribution in [3.8, 4) is 0 Å². The molecule has 0 aromatic rings. The number of carbonyl (C=O) groups excluding carboxylic acids is 2. The Balaban J connectivity index is 2.20. The average molecular weight is 365 g/mol. The van der Waals surface area contributed by atoms with Crippen LogP contribution in [0.5, 0.6) is 0 Å². The summed E-state index contributed by atoms with van der Waals surface area (Å²) in [6.07, 6.45) is 8.33. The van der Waals surface area contributed by atoms with Gasteiger partial charge < -0.3 is 9.47 Å². The van der Waals surface area contributed by atoms with Gasteiger partial charge in [-0.15, -0.1) is 0 Å². The van der Waals surface area contributed by atoms with Gasteiger partial charge in [-0.25, -0.2) is 0 Å². The molecule has 1 saturated carbocycles. The van der Waals surface area contributed by atoms with E-state index in [1.165, 1.54) is 0 Å². The molecule has 4 nitrogen and oxygen atoms in total. The van der Waals surface area contributed by atoms with Crippen LogP contribution in [0.3, 0.4) is 0 Å². The smallest absolute Gasteiger partial charge is 0.310 e. The highest BCUT2D eigenvalue weighted by molar-refractivity contribution is 5.83. The van der Waals surface area contributed by atoms with E-state index in [0.29, 0.717) is 13.2 Å². The number of hydrogen-bond donors (Lipinski definition) is 0. The van der Waals surface area contributed by atoms with Gasteiger partial charge >= 0.3 is 11.9 Å². The lowest BCUT2D eigenvalue weighted by Gasteiger charge is -2.39. The predicted octanol–water partition coefficient (Wildman–Crippen LogP) is 4.77. The molecule has 148 valence electrons. The molecule has 0 saturated heterocycles. The second kappa shape index (κ2) is 8.14. The standard InChI is InChI=1S/C22H36O4/c1-21(2,3)13-25-19(23)17-15-9-7-8-10-16(12-11-15)18(17)20(24)26-14-22(4,5)6/h11-12,15-18H,7-10,13-14H2,1-6H3. The number of fused-ring (bicyclic) bond motifs is 4. The maximum atomic E-state index is 13.0. The third-order valence-corrected chi connectivity index (χ3v) is 5.08. The average Bonchev–Trinajstić information content (AvgIpc) is 2.48. The molecule has 3 aliphatic carbocycles. The van der Waals surface area contributed by atoms with E-state index in [-0.39, 0.29) is 34.6 Å². The van der Waals surface area contributed by atoms with Gasteiger partial charge in [0, 0.05) is 0 Å². The lowest BCUT2D eigenvalue weighted by atomic mass is 9.66. The molecule has 0 heterocycles. The molecule has 0 aliphatic heterocycles. The second-order valence-corrected chi connectivity index (χ2v) is 10.4. The van der Waals surface area contributed by atoms with Gasteiger partial charge in [-0.1, -0.05) is 66.5 Å². The Morgan fingerprint density at radius 3 is 1.42 bits per heavy atom. The van der Waals surface area contributed by atoms with Crippen molar-refractivity contribution in [2.75, 3.05) is 13.2 Å². The van der Waals surface area contributed by atoms with Crippen molar-refractivity contribution in [3.05, 3.63) is 12.2 Å². The van der Waals surface area contributed by atoms with Gasteiger partial charge in [-0.2, -0.15) is 0 Å². The van der Waals surface area contributed by atoms with Crippen molar-refractivity contribution >= 4 is 11.9 Å². The van der Waals surface area contributed by atoms with E-state index < -0.39 is 11.8 Å². The van der Waals surface area contributed by atoms with Gasteiger partial charge in [-0.3, -0.25) is 9.59 Å². The molecule has 4 heteroatoms. The summed E-state index contributed by atoms with van der Waals surface area (Å²) in [6.45, 7) is 13.0. The Hall–Kier alpha value is -1.32. The van der Waals surface area contributed by atoms with Gasteiger partial charge in [0.1, 0.15) is 0 Å². The van der Waals surface area contributed by atoms with Gasteiger partial charge in [0.05, 0.1) is 25.0 Å². The van der Waals surface area contributed by atoms with Crippen LogP contribution in [0.4, 0.5) is 0 Å². The van der Waals surface area contributed by atoms with E-state index in [9.17, 15) is 9.59 Å². The van der Waals surface area contributed by atoms with Crippen LogP contribution in [0.2, 0.25) is 0 Å². The first-order chi connectivity index (χ1) is 12.0. The van der Waals surface area contributed by atoms with Crippen molar-refractivity contribution in [1.29, 1.82) is 0 Å². The number of ether oxygens (including phenoxy) is 2. The van der Waals surface area contributed by atoms with Crippen molar-refractivity contribution in [2.24, 2.45) is 34.5 Å². The van der Waals surface area contributed by atoms with Gasteiger partial charge in [0.15, 0.2) is 0 Å². The molecule has 3 aliphatic rings. The molecule has 26 heavy (non-hydrogen) atoms. The molecule has 3 rings (SSSR count). The zero-order valence-electron chi connectivity index (χ0n) is 17.3. The maximum Gasteiger partial charge on any atom is 0.310 e. The Morgan fingerprint density at radius 2 is 1.12 bits per heavy atom. The minimum atomic E-state index is -0.417. The van der Waals surface area contributed by atoms with E-state index in [2.05, 4.69) is 12.2 Å². The molecule has 2 bridgehead atoms. The van der Waals surface area contributed by atoms with Crippen LogP contribution in [0.1, 0.15) is 67.2 Å². The molecule has 0 aromatic carbocycles. The lowest BCUT2D eigenvalue weighted by molar-refractivity contribution is -0.168. The molecule has 1 fully saturated rings. The van der Waals surface area contributed by atoms with Crippen LogP contribution < -0.4 is 0 Å². The van der Waals surface area contributed by atoms with Crippen molar-refractivity contribution in [2.45, 2.75) is 67.2 Å². The van der Waals surface area contributed by atoms with Gasteiger partial charge in [0.25, 0.3) is 0 Å². The molecular weight excluding hydrogens is 328 g/mol. The summed E-state index contributed by atoms with van der Waals surface area (Å²) in [5.74, 6) is -1.16. The zero-order chi connectivity index (χ0) is 19.5. The number of esters is 2. The van der Waals surface area contributed by atoms with Crippen LogP contribution in [-0.4, -0.2) is 25.2 Å². The maximum absolute atomic E-state index is 13.0. The van der Waals surface area contributed by atoms with Gasteiger partial charge in [-0.05, 0) is 35.5 Å². The predicted molar refractivity (Wildman–Crippen MR) is 102 cm³/mol. The van der Waals surface area contributed by atoms with Crippen molar-refractivity contribution in [3.63, 3.8) is 0 Å². The minimum absolute atomic E-state index is 0.0752. The quantitative estimate of drug-likeness (QED) is 0.532. The largest absolute Gasteiger partial charge is 0.465 e. The summed E-state index contributed by atoms with van der Waals surface area (Å²) in [5, 5.41) is 0. The summed E-state index contributed by atoms with van der Waals surface area (Å²) >= 11 is 0. The molecule has 4 unspecified atom stereocenters. The molecule has 0 amide bonds. The van der Waals surface area contributed by atoms with Crippen LogP contribution in [0.15, 0.2) is 12.2 Å². The normalized spacial score (nSPS) is 29.0. The Bertz CT molecular complexity index is 487. The third-order valence-electron chi connectivity index (χ3n) is 5.08. The number of allylic oxidation sites excluding steroid dienone is 2. The Morgan fingerprint density at radius 1 is 0.769 bits per heavy atom. The molecule has 0 radical (unpaired) electrons. The van der Waals surface area contributed by atoms with Crippen LogP contribution in [-0.2, 0) is 19.1 Å². The van der Waals surface area contributed by atoms with Crippen LogP contribution in [0, 0.1) is 34.5 Å². The highest BCUT2D eigenvalue weighted by atomic mass is 16.5. The van der Waals surface area contributed by atoms with E-state index in [1.54, 1.807) is 0 Å². The first-order valence-corrected chi connectivity index (χ1v) is 9.99. The molecular formula is C22H36O4. The van der Waals surface area contributed by atoms with E-state index >= 15 is 0 Å². The van der Waals surface area contributed by atoms with Crippen molar-refractivity contribution in [1.82, 2.24) is 0 Å². The minimum Gasteiger partial charge on any atom is -0.465 e. The molecule has 4 atom stereocenters. The zero-order valence-corrected chi connectivity index (χ0v) is 17.3. The first-order valence-electron chi connectivity index (χ1n) is 9.99. The molecule has 0 N–H and O–H groups in total. The monoisotopic (exact) mass is 364 g/mol. The fourth-order valence-electron chi connectivity index (χ4n) is 3.78. The number of hydrogen-bond acceptors (Lipinski definition) is 4. The lowest BCUT2D eigenvalue weighted by Crippen LogP contribution is -2.44. The number of carbonyl (C=O) groups is 2. The Kier molecular flexibility index (Phi) is 6.57. The molecule has 0 spiro atoms. The van der Waals surface area contributed by atoms with E-state index in [0.717, 1.165) is 25.7 Å². The van der Waals surface area contributed by atoms with Crippen molar-refractivity contribution < 1.29 is 19.1 Å². The fraction of sp³-hybridized carbons (Fsp3) is 0.818. The van der Waals surface area contributed by atoms with E-state index in [4.69, 9.17) is 9.47 Å². The van der Waals surface area contributed by atoms with Gasteiger partial charge in [0.2, 0.25) is 0 Å². The fourth-order valence-corrected chi connectivity index (χ4v) is 3.78. The summed E-state index contributed by atoms with van der Waals surface area (Å²) in [7, 11) is 0. The SMILES string of the molecule is CC(C)(C)COC(=O)C1C2C=CC(CCCC2)C1C(=O)OCC(C)(C)C. The highest BCUT2D eigenvalue weighted by Crippen LogP contribution is 2.43. The summed E-state index contributed by atoms with van der Waals surface area (Å²) in [6, 6.07) is 0. The van der Waals surface area contributed by atoms with E-state index in [1.807, 2.05) is 41.5 Å². The summed E-state index contributed by atoms with van der Waals surface area (Å²) < 4.78 is 11.3. The van der Waals surface area contributed by atoms with Crippen LogP contribution in [0.25, 0.3) is 0 Å². The number of rotatable bonds is 4. The summed E-state index contributed by atoms with van der Waals surface area (Å²) in [4.78, 5) is 25.9. The highest BCUT2D eigenvalue weighted by Gasteiger charge is 2.47. The molecule has 0 aromatic heterocycles. The Labute approximate surface area is 158 Å². The third kappa shape index (κ3) is 5.85. The second-order valence-electron chi connectivity index (χ2n) is 10.4.